The molecule has 1 aliphatic rings. The summed E-state index contributed by atoms with van der Waals surface area (Å²) in [5.74, 6) is 0. The molecular weight excluding hydrogens is 224 g/mol. The average molecular weight is 238 g/mol. The van der Waals surface area contributed by atoms with Gasteiger partial charge >= 0.3 is 0 Å². The molecule has 1 aromatic carbocycles. The van der Waals surface area contributed by atoms with E-state index in [-0.39, 0.29) is 16.7 Å². The van der Waals surface area contributed by atoms with Gasteiger partial charge in [-0.15, -0.1) is 0 Å². The van der Waals surface area contributed by atoms with Crippen LogP contribution in [-0.2, 0) is 14.3 Å². The molecule has 0 radical (unpaired) electrons. The number of thioether (sulfide) groups is 1. The van der Waals surface area contributed by atoms with E-state index in [1.807, 2.05) is 30.3 Å². The Morgan fingerprint density at radius 2 is 1.88 bits per heavy atom. The summed E-state index contributed by atoms with van der Waals surface area (Å²) in [6.45, 7) is 2.68. The SMILES string of the molecule is CC(=O)S[C@H]1CO[C@@H](c2ccccc2)OC1. The van der Waals surface area contributed by atoms with Gasteiger partial charge in [0, 0.05) is 12.5 Å². The molecule has 4 heteroatoms. The highest BCUT2D eigenvalue weighted by Crippen LogP contribution is 2.27. The predicted octanol–water partition coefficient (Wildman–Crippen LogP) is 2.38. The fourth-order valence-corrected chi connectivity index (χ4v) is 2.35. The zero-order valence-electron chi connectivity index (χ0n) is 9.09. The van der Waals surface area contributed by atoms with Crippen LogP contribution >= 0.6 is 11.8 Å². The van der Waals surface area contributed by atoms with Gasteiger partial charge in [0.25, 0.3) is 0 Å². The van der Waals surface area contributed by atoms with Gasteiger partial charge in [0.1, 0.15) is 0 Å². The van der Waals surface area contributed by atoms with E-state index in [2.05, 4.69) is 0 Å². The Hall–Kier alpha value is -0.840. The maximum Gasteiger partial charge on any atom is 0.186 e. The first-order valence-electron chi connectivity index (χ1n) is 5.21. The van der Waals surface area contributed by atoms with Crippen molar-refractivity contribution in [2.45, 2.75) is 18.5 Å². The number of hydrogen-bond donors (Lipinski definition) is 0. The van der Waals surface area contributed by atoms with Crippen molar-refractivity contribution in [3.8, 4) is 0 Å². The zero-order chi connectivity index (χ0) is 11.4. The van der Waals surface area contributed by atoms with Crippen LogP contribution in [0.2, 0.25) is 0 Å². The van der Waals surface area contributed by atoms with Crippen molar-refractivity contribution in [3.05, 3.63) is 35.9 Å². The second kappa shape index (κ2) is 5.48. The molecule has 16 heavy (non-hydrogen) atoms. The summed E-state index contributed by atoms with van der Waals surface area (Å²) in [5, 5.41) is 0.229. The molecule has 1 fully saturated rings. The summed E-state index contributed by atoms with van der Waals surface area (Å²) in [4.78, 5) is 10.9. The van der Waals surface area contributed by atoms with Crippen molar-refractivity contribution in [3.63, 3.8) is 0 Å². The Morgan fingerprint density at radius 3 is 2.44 bits per heavy atom. The Bertz CT molecular complexity index is 345. The van der Waals surface area contributed by atoms with E-state index in [9.17, 15) is 4.79 Å². The van der Waals surface area contributed by atoms with E-state index < -0.39 is 0 Å². The lowest BCUT2D eigenvalue weighted by Crippen LogP contribution is -2.29. The van der Waals surface area contributed by atoms with Crippen LogP contribution in [0, 0.1) is 0 Å². The first-order valence-corrected chi connectivity index (χ1v) is 6.09. The summed E-state index contributed by atoms with van der Waals surface area (Å²) in [5.41, 5.74) is 1.02. The first kappa shape index (κ1) is 11.6. The second-order valence-electron chi connectivity index (χ2n) is 3.64. The molecule has 0 atom stereocenters. The minimum absolute atomic E-state index is 0.107. The number of carbonyl (C=O) groups excluding carboxylic acids is 1. The van der Waals surface area contributed by atoms with Crippen molar-refractivity contribution < 1.29 is 14.3 Å². The van der Waals surface area contributed by atoms with Crippen LogP contribution in [-0.4, -0.2) is 23.6 Å². The van der Waals surface area contributed by atoms with Gasteiger partial charge in [0.2, 0.25) is 0 Å². The van der Waals surface area contributed by atoms with Crippen LogP contribution in [0.15, 0.2) is 30.3 Å². The Labute approximate surface area is 99.1 Å². The molecule has 1 aromatic rings. The van der Waals surface area contributed by atoms with Gasteiger partial charge in [0.15, 0.2) is 11.4 Å². The molecule has 0 saturated carbocycles. The molecule has 1 aliphatic heterocycles. The topological polar surface area (TPSA) is 35.5 Å². The molecule has 0 N–H and O–H groups in total. The lowest BCUT2D eigenvalue weighted by atomic mass is 10.2. The molecule has 86 valence electrons. The minimum atomic E-state index is -0.287. The van der Waals surface area contributed by atoms with Gasteiger partial charge in [-0.3, -0.25) is 4.79 Å². The molecular formula is C12H14O3S. The maximum absolute atomic E-state index is 10.9. The van der Waals surface area contributed by atoms with Crippen LogP contribution < -0.4 is 0 Å². The highest BCUT2D eigenvalue weighted by atomic mass is 32.2. The highest BCUT2D eigenvalue weighted by molar-refractivity contribution is 8.14. The zero-order valence-corrected chi connectivity index (χ0v) is 9.91. The van der Waals surface area contributed by atoms with E-state index in [1.165, 1.54) is 11.8 Å². The smallest absolute Gasteiger partial charge is 0.186 e. The summed E-state index contributed by atoms with van der Waals surface area (Å²) in [7, 11) is 0. The third kappa shape index (κ3) is 3.07. The largest absolute Gasteiger partial charge is 0.347 e. The molecule has 2 rings (SSSR count). The van der Waals surface area contributed by atoms with Crippen LogP contribution in [0.5, 0.6) is 0 Å². The number of carbonyl (C=O) groups is 1. The molecule has 0 aromatic heterocycles. The number of hydrogen-bond acceptors (Lipinski definition) is 4. The van der Waals surface area contributed by atoms with Gasteiger partial charge < -0.3 is 9.47 Å². The minimum Gasteiger partial charge on any atom is -0.347 e. The monoisotopic (exact) mass is 238 g/mol. The van der Waals surface area contributed by atoms with Gasteiger partial charge in [0.05, 0.1) is 18.5 Å². The van der Waals surface area contributed by atoms with E-state index in [0.29, 0.717) is 13.2 Å². The van der Waals surface area contributed by atoms with Crippen LogP contribution in [0.1, 0.15) is 18.8 Å². The third-order valence-corrected chi connectivity index (χ3v) is 3.21. The molecule has 0 bridgehead atoms. The van der Waals surface area contributed by atoms with Crippen molar-refractivity contribution in [1.82, 2.24) is 0 Å². The van der Waals surface area contributed by atoms with Crippen molar-refractivity contribution in [2.75, 3.05) is 13.2 Å². The Balaban J connectivity index is 1.88. The van der Waals surface area contributed by atoms with E-state index in [1.54, 1.807) is 6.92 Å². The quantitative estimate of drug-likeness (QED) is 0.792. The molecule has 0 aliphatic carbocycles. The van der Waals surface area contributed by atoms with Crippen LogP contribution in [0.3, 0.4) is 0 Å². The van der Waals surface area contributed by atoms with Crippen molar-refractivity contribution >= 4 is 16.9 Å². The predicted molar refractivity (Wildman–Crippen MR) is 63.1 cm³/mol. The van der Waals surface area contributed by atoms with Crippen LogP contribution in [0.4, 0.5) is 0 Å². The van der Waals surface area contributed by atoms with E-state index in [4.69, 9.17) is 9.47 Å². The Kier molecular flexibility index (Phi) is 3.98. The van der Waals surface area contributed by atoms with Crippen molar-refractivity contribution in [2.24, 2.45) is 0 Å². The molecule has 0 spiro atoms. The summed E-state index contributed by atoms with van der Waals surface area (Å²) in [6.07, 6.45) is -0.287. The lowest BCUT2D eigenvalue weighted by molar-refractivity contribution is -0.179. The fourth-order valence-electron chi connectivity index (χ4n) is 1.59. The molecule has 3 nitrogen and oxygen atoms in total. The Morgan fingerprint density at radius 1 is 1.25 bits per heavy atom. The molecule has 0 unspecified atom stereocenters. The average Bonchev–Trinajstić information content (AvgIpc) is 2.30. The summed E-state index contributed by atoms with van der Waals surface area (Å²) >= 11 is 1.28. The van der Waals surface area contributed by atoms with Gasteiger partial charge in [-0.1, -0.05) is 42.1 Å². The normalized spacial score (nSPS) is 25.3. The van der Waals surface area contributed by atoms with Gasteiger partial charge in [-0.05, 0) is 0 Å². The highest BCUT2D eigenvalue weighted by Gasteiger charge is 2.24. The van der Waals surface area contributed by atoms with Gasteiger partial charge in [-0.2, -0.15) is 0 Å². The molecule has 1 saturated heterocycles. The first-order chi connectivity index (χ1) is 7.75. The summed E-state index contributed by atoms with van der Waals surface area (Å²) in [6, 6.07) is 9.82. The fraction of sp³-hybridized carbons (Fsp3) is 0.417. The molecule has 0 amide bonds. The molecule has 1 heterocycles. The van der Waals surface area contributed by atoms with Gasteiger partial charge in [-0.25, -0.2) is 0 Å². The van der Waals surface area contributed by atoms with Crippen molar-refractivity contribution in [1.29, 1.82) is 0 Å². The third-order valence-electron chi connectivity index (χ3n) is 2.27. The van der Waals surface area contributed by atoms with Crippen LogP contribution in [0.25, 0.3) is 0 Å². The number of benzene rings is 1. The van der Waals surface area contributed by atoms with E-state index in [0.717, 1.165) is 5.56 Å². The summed E-state index contributed by atoms with van der Waals surface area (Å²) < 4.78 is 11.2. The second-order valence-corrected chi connectivity index (χ2v) is 5.12. The van der Waals surface area contributed by atoms with E-state index >= 15 is 0 Å². The lowest BCUT2D eigenvalue weighted by Gasteiger charge is -2.28. The maximum atomic E-state index is 10.9. The number of ether oxygens (including phenoxy) is 2. The standard InChI is InChI=1S/C12H14O3S/c1-9(13)16-11-7-14-12(15-8-11)10-5-3-2-4-6-10/h2-6,11-12H,7-8H2,1H3/t11-,12+. The number of rotatable bonds is 2.